The lowest BCUT2D eigenvalue weighted by Crippen LogP contribution is -2.07. The number of pyridine rings is 1. The lowest BCUT2D eigenvalue weighted by molar-refractivity contribution is -0.139. The first-order valence-electron chi connectivity index (χ1n) is 4.09. The number of hydrogen-bond donors (Lipinski definition) is 0. The van der Waals surface area contributed by atoms with Crippen LogP contribution in [-0.4, -0.2) is 18.1 Å². The van der Waals surface area contributed by atoms with E-state index >= 15 is 0 Å². The molecule has 0 atom stereocenters. The molecule has 0 aliphatic heterocycles. The van der Waals surface area contributed by atoms with Crippen molar-refractivity contribution in [3.8, 4) is 6.07 Å². The summed E-state index contributed by atoms with van der Waals surface area (Å²) in [6, 6.07) is 2.05. The molecule has 0 saturated heterocycles. The van der Waals surface area contributed by atoms with Gasteiger partial charge in [0.25, 0.3) is 0 Å². The first-order valence-corrected chi connectivity index (χ1v) is 4.09. The summed E-state index contributed by atoms with van der Waals surface area (Å²) in [6.45, 7) is 1.78. The number of esters is 1. The number of carbonyl (C=O) groups is 1. The van der Waals surface area contributed by atoms with E-state index in [0.29, 0.717) is 11.1 Å². The lowest BCUT2D eigenvalue weighted by atomic mass is 10.0. The fourth-order valence-electron chi connectivity index (χ4n) is 1.14. The molecule has 1 aromatic rings. The van der Waals surface area contributed by atoms with Crippen LogP contribution in [-0.2, 0) is 16.0 Å². The van der Waals surface area contributed by atoms with Crippen molar-refractivity contribution in [2.45, 2.75) is 13.3 Å². The quantitative estimate of drug-likeness (QED) is 0.652. The topological polar surface area (TPSA) is 63.0 Å². The molecular formula is C10H10N2O2. The van der Waals surface area contributed by atoms with Gasteiger partial charge in [-0.1, -0.05) is 0 Å². The molecule has 0 N–H and O–H groups in total. The van der Waals surface area contributed by atoms with Crippen LogP contribution in [0.1, 0.15) is 16.7 Å². The Bertz CT molecular complexity index is 394. The fraction of sp³-hybridized carbons (Fsp3) is 0.300. The number of hydrogen-bond acceptors (Lipinski definition) is 4. The van der Waals surface area contributed by atoms with E-state index in [9.17, 15) is 4.79 Å². The van der Waals surface area contributed by atoms with Crippen molar-refractivity contribution in [1.29, 1.82) is 5.26 Å². The summed E-state index contributed by atoms with van der Waals surface area (Å²) in [4.78, 5) is 14.9. The van der Waals surface area contributed by atoms with Gasteiger partial charge in [-0.05, 0) is 18.1 Å². The summed E-state index contributed by atoms with van der Waals surface area (Å²) >= 11 is 0. The minimum Gasteiger partial charge on any atom is -0.469 e. The van der Waals surface area contributed by atoms with Crippen LogP contribution in [0.5, 0.6) is 0 Å². The van der Waals surface area contributed by atoms with Crippen LogP contribution in [0.15, 0.2) is 12.4 Å². The first kappa shape index (κ1) is 10.2. The van der Waals surface area contributed by atoms with Gasteiger partial charge in [-0.3, -0.25) is 9.78 Å². The molecule has 0 radical (unpaired) electrons. The number of ether oxygens (including phenoxy) is 1. The molecule has 0 unspecified atom stereocenters. The molecule has 14 heavy (non-hydrogen) atoms. The molecule has 4 nitrogen and oxygen atoms in total. The second-order valence-corrected chi connectivity index (χ2v) is 2.86. The Morgan fingerprint density at radius 3 is 2.93 bits per heavy atom. The van der Waals surface area contributed by atoms with Gasteiger partial charge >= 0.3 is 5.97 Å². The van der Waals surface area contributed by atoms with Gasteiger partial charge in [-0.25, -0.2) is 0 Å². The molecule has 0 aliphatic carbocycles. The number of carbonyl (C=O) groups excluding carboxylic acids is 1. The third-order valence-electron chi connectivity index (χ3n) is 1.89. The third-order valence-corrected chi connectivity index (χ3v) is 1.89. The molecule has 1 heterocycles. The van der Waals surface area contributed by atoms with Gasteiger partial charge in [0.15, 0.2) is 0 Å². The van der Waals surface area contributed by atoms with E-state index in [1.165, 1.54) is 13.3 Å². The zero-order valence-corrected chi connectivity index (χ0v) is 8.07. The molecule has 0 bridgehead atoms. The molecular weight excluding hydrogens is 180 g/mol. The lowest BCUT2D eigenvalue weighted by Gasteiger charge is -2.03. The average Bonchev–Trinajstić information content (AvgIpc) is 2.18. The van der Waals surface area contributed by atoms with E-state index in [2.05, 4.69) is 9.72 Å². The highest BCUT2D eigenvalue weighted by molar-refractivity contribution is 5.73. The second kappa shape index (κ2) is 4.38. The maximum Gasteiger partial charge on any atom is 0.310 e. The summed E-state index contributed by atoms with van der Waals surface area (Å²) in [7, 11) is 1.32. The van der Waals surface area contributed by atoms with Gasteiger partial charge in [-0.2, -0.15) is 5.26 Å². The molecule has 0 aromatic carbocycles. The van der Waals surface area contributed by atoms with Crippen molar-refractivity contribution >= 4 is 5.97 Å². The SMILES string of the molecule is COC(=O)Cc1cncc(C)c1C#N. The molecule has 0 amide bonds. The largest absolute Gasteiger partial charge is 0.469 e. The molecule has 0 spiro atoms. The maximum absolute atomic E-state index is 11.0. The van der Waals surface area contributed by atoms with Crippen molar-refractivity contribution < 1.29 is 9.53 Å². The predicted molar refractivity (Wildman–Crippen MR) is 49.4 cm³/mol. The average molecular weight is 190 g/mol. The van der Waals surface area contributed by atoms with Crippen LogP contribution < -0.4 is 0 Å². The smallest absolute Gasteiger partial charge is 0.310 e. The van der Waals surface area contributed by atoms with Gasteiger partial charge in [0.05, 0.1) is 25.2 Å². The van der Waals surface area contributed by atoms with Crippen molar-refractivity contribution in [2.24, 2.45) is 0 Å². The van der Waals surface area contributed by atoms with Crippen molar-refractivity contribution in [3.05, 3.63) is 29.1 Å². The standard InChI is InChI=1S/C10H10N2O2/c1-7-5-12-6-8(9(7)4-11)3-10(13)14-2/h5-6H,3H2,1-2H3. The monoisotopic (exact) mass is 190 g/mol. The van der Waals surface area contributed by atoms with Crippen molar-refractivity contribution in [3.63, 3.8) is 0 Å². The summed E-state index contributed by atoms with van der Waals surface area (Å²) in [6.07, 6.45) is 3.20. The zero-order valence-electron chi connectivity index (χ0n) is 8.07. The number of nitriles is 1. The van der Waals surface area contributed by atoms with Crippen LogP contribution in [0, 0.1) is 18.3 Å². The van der Waals surface area contributed by atoms with E-state index in [-0.39, 0.29) is 12.4 Å². The Balaban J connectivity index is 3.04. The summed E-state index contributed by atoms with van der Waals surface area (Å²) in [5, 5.41) is 8.85. The van der Waals surface area contributed by atoms with Crippen LogP contribution in [0.25, 0.3) is 0 Å². The summed E-state index contributed by atoms with van der Waals surface area (Å²) < 4.78 is 4.52. The molecule has 0 saturated carbocycles. The second-order valence-electron chi connectivity index (χ2n) is 2.86. The van der Waals surface area contributed by atoms with E-state index < -0.39 is 0 Å². The molecule has 1 aromatic heterocycles. The highest BCUT2D eigenvalue weighted by atomic mass is 16.5. The van der Waals surface area contributed by atoms with Gasteiger partial charge in [0, 0.05) is 12.4 Å². The molecule has 0 aliphatic rings. The Morgan fingerprint density at radius 1 is 1.64 bits per heavy atom. The molecule has 0 fully saturated rings. The van der Waals surface area contributed by atoms with E-state index in [1.54, 1.807) is 13.1 Å². The van der Waals surface area contributed by atoms with Crippen LogP contribution in [0.4, 0.5) is 0 Å². The fourth-order valence-corrected chi connectivity index (χ4v) is 1.14. The van der Waals surface area contributed by atoms with Crippen LogP contribution in [0.2, 0.25) is 0 Å². The Morgan fingerprint density at radius 2 is 2.36 bits per heavy atom. The minimum absolute atomic E-state index is 0.0913. The minimum atomic E-state index is -0.367. The van der Waals surface area contributed by atoms with Crippen molar-refractivity contribution in [1.82, 2.24) is 4.98 Å². The number of methoxy groups -OCH3 is 1. The van der Waals surface area contributed by atoms with Gasteiger partial charge < -0.3 is 4.74 Å². The Hall–Kier alpha value is -1.89. The number of aryl methyl sites for hydroxylation is 1. The molecule has 72 valence electrons. The van der Waals surface area contributed by atoms with Crippen LogP contribution in [0.3, 0.4) is 0 Å². The normalized spacial score (nSPS) is 9.21. The van der Waals surface area contributed by atoms with Gasteiger partial charge in [-0.15, -0.1) is 0 Å². The predicted octanol–water partition coefficient (Wildman–Crippen LogP) is 0.977. The van der Waals surface area contributed by atoms with Gasteiger partial charge in [0.1, 0.15) is 0 Å². The number of rotatable bonds is 2. The summed E-state index contributed by atoms with van der Waals surface area (Å²) in [5.74, 6) is -0.367. The number of nitrogens with zero attached hydrogens (tertiary/aromatic N) is 2. The van der Waals surface area contributed by atoms with E-state index in [4.69, 9.17) is 5.26 Å². The molecule has 1 rings (SSSR count). The highest BCUT2D eigenvalue weighted by Gasteiger charge is 2.09. The van der Waals surface area contributed by atoms with E-state index in [1.807, 2.05) is 6.07 Å². The zero-order chi connectivity index (χ0) is 10.6. The summed E-state index contributed by atoms with van der Waals surface area (Å²) in [5.41, 5.74) is 1.89. The highest BCUT2D eigenvalue weighted by Crippen LogP contribution is 2.11. The first-order chi connectivity index (χ1) is 6.69. The molecule has 4 heteroatoms. The maximum atomic E-state index is 11.0. The Kier molecular flexibility index (Phi) is 3.19. The van der Waals surface area contributed by atoms with Gasteiger partial charge in [0.2, 0.25) is 0 Å². The van der Waals surface area contributed by atoms with Crippen molar-refractivity contribution in [2.75, 3.05) is 7.11 Å². The Labute approximate surface area is 82.1 Å². The third kappa shape index (κ3) is 2.07. The van der Waals surface area contributed by atoms with Crippen LogP contribution >= 0.6 is 0 Å². The number of aromatic nitrogens is 1. The van der Waals surface area contributed by atoms with E-state index in [0.717, 1.165) is 5.56 Å².